The van der Waals surface area contributed by atoms with E-state index in [9.17, 15) is 9.50 Å². The van der Waals surface area contributed by atoms with Crippen molar-refractivity contribution >= 4 is 0 Å². The van der Waals surface area contributed by atoms with Crippen LogP contribution in [-0.4, -0.2) is 33.7 Å². The number of nitrogens with zero attached hydrogens (tertiary/aromatic N) is 2. The van der Waals surface area contributed by atoms with Gasteiger partial charge in [-0.05, 0) is 30.7 Å². The molecule has 0 amide bonds. The topological polar surface area (TPSA) is 49.5 Å². The van der Waals surface area contributed by atoms with E-state index in [1.54, 1.807) is 18.3 Å². The van der Waals surface area contributed by atoms with Crippen LogP contribution in [0.1, 0.15) is 19.2 Å². The molecule has 1 aromatic heterocycles. The second kappa shape index (κ2) is 5.00. The van der Waals surface area contributed by atoms with Crippen LogP contribution < -0.4 is 0 Å². The molecule has 1 fully saturated rings. The van der Waals surface area contributed by atoms with E-state index in [4.69, 9.17) is 4.42 Å². The van der Waals surface area contributed by atoms with Crippen molar-refractivity contribution in [1.82, 2.24) is 9.88 Å². The first-order valence-corrected chi connectivity index (χ1v) is 6.73. The third-order valence-corrected chi connectivity index (χ3v) is 3.74. The van der Waals surface area contributed by atoms with Crippen LogP contribution in [0.3, 0.4) is 0 Å². The van der Waals surface area contributed by atoms with Gasteiger partial charge in [-0.25, -0.2) is 9.37 Å². The molecular formula is C15H17FN2O2. The van der Waals surface area contributed by atoms with Gasteiger partial charge in [0, 0.05) is 18.7 Å². The van der Waals surface area contributed by atoms with Gasteiger partial charge < -0.3 is 9.52 Å². The Morgan fingerprint density at radius 3 is 2.70 bits per heavy atom. The Hall–Kier alpha value is -1.72. The Balaban J connectivity index is 1.64. The summed E-state index contributed by atoms with van der Waals surface area (Å²) in [7, 11) is 0. The Labute approximate surface area is 116 Å². The van der Waals surface area contributed by atoms with Crippen LogP contribution in [-0.2, 0) is 6.54 Å². The summed E-state index contributed by atoms with van der Waals surface area (Å²) in [4.78, 5) is 6.31. The molecule has 20 heavy (non-hydrogen) atoms. The highest BCUT2D eigenvalue weighted by atomic mass is 19.1. The minimum absolute atomic E-state index is 0.270. The van der Waals surface area contributed by atoms with E-state index >= 15 is 0 Å². The Bertz CT molecular complexity index is 588. The summed E-state index contributed by atoms with van der Waals surface area (Å²) >= 11 is 0. The lowest BCUT2D eigenvalue weighted by Crippen LogP contribution is -2.60. The van der Waals surface area contributed by atoms with Crippen LogP contribution in [0.5, 0.6) is 0 Å². The zero-order valence-electron chi connectivity index (χ0n) is 11.3. The number of oxazole rings is 1. The number of aliphatic hydroxyl groups is 1. The predicted molar refractivity (Wildman–Crippen MR) is 72.4 cm³/mol. The number of likely N-dealkylation sites (tertiary alicyclic amines) is 1. The van der Waals surface area contributed by atoms with Gasteiger partial charge in [-0.15, -0.1) is 0 Å². The van der Waals surface area contributed by atoms with Gasteiger partial charge in [-0.2, -0.15) is 0 Å². The smallest absolute Gasteiger partial charge is 0.209 e. The van der Waals surface area contributed by atoms with E-state index in [1.165, 1.54) is 12.1 Å². The average Bonchev–Trinajstić information content (AvgIpc) is 2.86. The van der Waals surface area contributed by atoms with Gasteiger partial charge in [-0.1, -0.05) is 6.92 Å². The van der Waals surface area contributed by atoms with E-state index in [1.807, 2.05) is 6.92 Å². The predicted octanol–water partition coefficient (Wildman–Crippen LogP) is 2.44. The van der Waals surface area contributed by atoms with Gasteiger partial charge >= 0.3 is 0 Å². The molecule has 0 aliphatic carbocycles. The van der Waals surface area contributed by atoms with Crippen LogP contribution in [0.25, 0.3) is 11.3 Å². The Morgan fingerprint density at radius 2 is 2.05 bits per heavy atom. The molecule has 0 radical (unpaired) electrons. The molecule has 1 aromatic carbocycles. The molecule has 3 rings (SSSR count). The summed E-state index contributed by atoms with van der Waals surface area (Å²) in [6, 6.07) is 6.13. The fourth-order valence-electron chi connectivity index (χ4n) is 2.44. The van der Waals surface area contributed by atoms with Gasteiger partial charge in [-0.3, -0.25) is 4.90 Å². The molecule has 1 N–H and O–H groups in total. The molecule has 0 spiro atoms. The molecule has 0 atom stereocenters. The summed E-state index contributed by atoms with van der Waals surface area (Å²) in [6.07, 6.45) is 2.41. The number of benzene rings is 1. The quantitative estimate of drug-likeness (QED) is 0.932. The molecule has 4 nitrogen and oxygen atoms in total. The zero-order chi connectivity index (χ0) is 14.2. The van der Waals surface area contributed by atoms with Crippen LogP contribution in [0.4, 0.5) is 4.39 Å². The summed E-state index contributed by atoms with van der Waals surface area (Å²) in [5.41, 5.74) is 0.255. The fraction of sp³-hybridized carbons (Fsp3) is 0.400. The third kappa shape index (κ3) is 2.59. The molecule has 0 bridgehead atoms. The minimum Gasteiger partial charge on any atom is -0.439 e. The van der Waals surface area contributed by atoms with E-state index in [0.29, 0.717) is 31.3 Å². The zero-order valence-corrected chi connectivity index (χ0v) is 11.3. The van der Waals surface area contributed by atoms with Gasteiger partial charge in [0.15, 0.2) is 5.76 Å². The molecule has 2 heterocycles. The van der Waals surface area contributed by atoms with Crippen molar-refractivity contribution in [2.45, 2.75) is 25.5 Å². The lowest BCUT2D eigenvalue weighted by atomic mass is 9.91. The first-order chi connectivity index (χ1) is 9.58. The summed E-state index contributed by atoms with van der Waals surface area (Å²) in [5, 5.41) is 9.95. The van der Waals surface area contributed by atoms with E-state index in [0.717, 1.165) is 12.0 Å². The number of halogens is 1. The maximum Gasteiger partial charge on any atom is 0.209 e. The van der Waals surface area contributed by atoms with Gasteiger partial charge in [0.2, 0.25) is 5.89 Å². The lowest BCUT2D eigenvalue weighted by molar-refractivity contribution is -0.105. The Morgan fingerprint density at radius 1 is 1.35 bits per heavy atom. The van der Waals surface area contributed by atoms with Crippen LogP contribution >= 0.6 is 0 Å². The number of rotatable bonds is 4. The van der Waals surface area contributed by atoms with Crippen LogP contribution in [0, 0.1) is 5.82 Å². The third-order valence-electron chi connectivity index (χ3n) is 3.74. The normalized spacial score (nSPS) is 17.9. The number of hydrogen-bond donors (Lipinski definition) is 1. The molecule has 1 saturated heterocycles. The van der Waals surface area contributed by atoms with Gasteiger partial charge in [0.1, 0.15) is 5.82 Å². The highest BCUT2D eigenvalue weighted by molar-refractivity contribution is 5.55. The highest BCUT2D eigenvalue weighted by Gasteiger charge is 2.39. The maximum atomic E-state index is 12.9. The minimum atomic E-state index is -0.549. The first-order valence-electron chi connectivity index (χ1n) is 6.73. The number of β-amino-alcohol motifs (C(OH)–C–C–N with tert-alkyl or cyclic N) is 1. The molecule has 1 aliphatic rings. The molecule has 5 heteroatoms. The summed E-state index contributed by atoms with van der Waals surface area (Å²) in [5.74, 6) is 0.974. The van der Waals surface area contributed by atoms with Crippen LogP contribution in [0.15, 0.2) is 34.9 Å². The van der Waals surface area contributed by atoms with Crippen molar-refractivity contribution in [3.05, 3.63) is 42.2 Å². The monoisotopic (exact) mass is 276 g/mol. The second-order valence-electron chi connectivity index (χ2n) is 5.35. The van der Waals surface area contributed by atoms with Crippen molar-refractivity contribution in [1.29, 1.82) is 0 Å². The summed E-state index contributed by atoms with van der Waals surface area (Å²) in [6.45, 7) is 3.87. The molecule has 0 saturated carbocycles. The van der Waals surface area contributed by atoms with E-state index < -0.39 is 5.60 Å². The second-order valence-corrected chi connectivity index (χ2v) is 5.35. The van der Waals surface area contributed by atoms with E-state index in [-0.39, 0.29) is 5.82 Å². The number of aromatic nitrogens is 1. The first kappa shape index (κ1) is 13.3. The van der Waals surface area contributed by atoms with Crippen LogP contribution in [0.2, 0.25) is 0 Å². The van der Waals surface area contributed by atoms with E-state index in [2.05, 4.69) is 9.88 Å². The van der Waals surface area contributed by atoms with Crippen molar-refractivity contribution in [2.75, 3.05) is 13.1 Å². The van der Waals surface area contributed by atoms with Gasteiger partial charge in [0.25, 0.3) is 0 Å². The Kier molecular flexibility index (Phi) is 3.31. The maximum absolute atomic E-state index is 12.9. The molecule has 0 unspecified atom stereocenters. The van der Waals surface area contributed by atoms with Crippen molar-refractivity contribution in [3.8, 4) is 11.3 Å². The standard InChI is InChI=1S/C15H17FN2O2/c1-2-15(19)9-18(10-15)8-14-17-7-13(20-14)11-3-5-12(16)6-4-11/h3-7,19H,2,8-10H2,1H3. The molecule has 1 aliphatic heterocycles. The van der Waals surface area contributed by atoms with Crippen molar-refractivity contribution in [2.24, 2.45) is 0 Å². The van der Waals surface area contributed by atoms with Crippen molar-refractivity contribution < 1.29 is 13.9 Å². The van der Waals surface area contributed by atoms with Gasteiger partial charge in [0.05, 0.1) is 18.3 Å². The average molecular weight is 276 g/mol. The molecule has 2 aromatic rings. The lowest BCUT2D eigenvalue weighted by Gasteiger charge is -2.45. The SMILES string of the molecule is CCC1(O)CN(Cc2ncc(-c3ccc(F)cc3)o2)C1. The largest absolute Gasteiger partial charge is 0.439 e. The molecule has 106 valence electrons. The fourth-order valence-corrected chi connectivity index (χ4v) is 2.44. The van der Waals surface area contributed by atoms with Crippen molar-refractivity contribution in [3.63, 3.8) is 0 Å². The summed E-state index contributed by atoms with van der Waals surface area (Å²) < 4.78 is 18.5. The highest BCUT2D eigenvalue weighted by Crippen LogP contribution is 2.27. The number of hydrogen-bond acceptors (Lipinski definition) is 4. The molecular weight excluding hydrogens is 259 g/mol.